The predicted molar refractivity (Wildman–Crippen MR) is 92.3 cm³/mol. The lowest BCUT2D eigenvalue weighted by atomic mass is 10.0. The van der Waals surface area contributed by atoms with E-state index in [-0.39, 0.29) is 0 Å². The van der Waals surface area contributed by atoms with E-state index in [1.807, 2.05) is 25.3 Å². The summed E-state index contributed by atoms with van der Waals surface area (Å²) < 4.78 is 1.01. The Kier molecular flexibility index (Phi) is 4.57. The quantitative estimate of drug-likeness (QED) is 0.840. The van der Waals surface area contributed by atoms with Gasteiger partial charge in [-0.25, -0.2) is 15.0 Å². The summed E-state index contributed by atoms with van der Waals surface area (Å²) in [4.78, 5) is 17.7. The third kappa shape index (κ3) is 3.38. The van der Waals surface area contributed by atoms with Crippen LogP contribution in [0.25, 0.3) is 0 Å². The molecule has 6 heteroatoms. The molecule has 0 saturated carbocycles. The Morgan fingerprint density at radius 1 is 1.27 bits per heavy atom. The normalized spacial score (nSPS) is 18.3. The Hall–Kier alpha value is -1.69. The van der Waals surface area contributed by atoms with Crippen LogP contribution in [0.3, 0.4) is 0 Å². The maximum absolute atomic E-state index is 4.52. The van der Waals surface area contributed by atoms with Crippen molar-refractivity contribution in [3.63, 3.8) is 0 Å². The molecule has 3 rings (SSSR count). The van der Waals surface area contributed by atoms with Gasteiger partial charge in [0.05, 0.1) is 0 Å². The molecule has 116 valence electrons. The zero-order valence-electron chi connectivity index (χ0n) is 12.9. The lowest BCUT2D eigenvalue weighted by Gasteiger charge is -2.38. The third-order valence-electron chi connectivity index (χ3n) is 4.13. The number of aryl methyl sites for hydroxylation is 1. The van der Waals surface area contributed by atoms with Crippen LogP contribution in [0.1, 0.15) is 18.5 Å². The van der Waals surface area contributed by atoms with Crippen LogP contribution in [0, 0.1) is 6.92 Å². The molecular weight excluding hydrogens is 342 g/mol. The number of anilines is 2. The van der Waals surface area contributed by atoms with Gasteiger partial charge in [-0.05, 0) is 47.8 Å². The molecule has 1 unspecified atom stereocenters. The second kappa shape index (κ2) is 6.60. The van der Waals surface area contributed by atoms with Gasteiger partial charge < -0.3 is 9.80 Å². The van der Waals surface area contributed by atoms with Gasteiger partial charge in [-0.2, -0.15) is 0 Å². The standard InChI is InChI=1S/C16H20BrN5/c1-12-8-16(20-11-19-12)21(2)14-4-3-7-22(10-14)15-6-5-13(17)9-18-15/h5-6,8-9,11,14H,3-4,7,10H2,1-2H3. The third-order valence-corrected chi connectivity index (χ3v) is 4.60. The highest BCUT2D eigenvalue weighted by Gasteiger charge is 2.24. The summed E-state index contributed by atoms with van der Waals surface area (Å²) in [5, 5.41) is 0. The van der Waals surface area contributed by atoms with Crippen molar-refractivity contribution in [2.75, 3.05) is 29.9 Å². The topological polar surface area (TPSA) is 45.2 Å². The van der Waals surface area contributed by atoms with Gasteiger partial charge in [0.2, 0.25) is 0 Å². The molecule has 2 aromatic rings. The number of pyridine rings is 1. The van der Waals surface area contributed by atoms with E-state index in [9.17, 15) is 0 Å². The highest BCUT2D eigenvalue weighted by Crippen LogP contribution is 2.24. The number of piperidine rings is 1. The molecule has 0 N–H and O–H groups in total. The van der Waals surface area contributed by atoms with Gasteiger partial charge in [-0.1, -0.05) is 0 Å². The van der Waals surface area contributed by atoms with E-state index in [0.29, 0.717) is 6.04 Å². The van der Waals surface area contributed by atoms with Crippen LogP contribution in [0.2, 0.25) is 0 Å². The summed E-state index contributed by atoms with van der Waals surface area (Å²) in [6, 6.07) is 6.59. The monoisotopic (exact) mass is 361 g/mol. The van der Waals surface area contributed by atoms with Crippen LogP contribution < -0.4 is 9.80 Å². The Bertz CT molecular complexity index is 631. The summed E-state index contributed by atoms with van der Waals surface area (Å²) in [5.74, 6) is 2.03. The van der Waals surface area contributed by atoms with Gasteiger partial charge in [0.15, 0.2) is 0 Å². The molecule has 0 bridgehead atoms. The van der Waals surface area contributed by atoms with E-state index in [1.165, 1.54) is 6.42 Å². The molecule has 0 aromatic carbocycles. The molecule has 0 amide bonds. The van der Waals surface area contributed by atoms with Crippen LogP contribution >= 0.6 is 15.9 Å². The molecule has 0 aliphatic carbocycles. The van der Waals surface area contributed by atoms with Crippen molar-refractivity contribution in [3.05, 3.63) is 40.9 Å². The molecule has 5 nitrogen and oxygen atoms in total. The lowest BCUT2D eigenvalue weighted by molar-refractivity contribution is 0.483. The Morgan fingerprint density at radius 2 is 2.14 bits per heavy atom. The summed E-state index contributed by atoms with van der Waals surface area (Å²) in [6.07, 6.45) is 5.83. The zero-order valence-corrected chi connectivity index (χ0v) is 14.5. The van der Waals surface area contributed by atoms with E-state index >= 15 is 0 Å². The maximum Gasteiger partial charge on any atom is 0.132 e. The number of hydrogen-bond donors (Lipinski definition) is 0. The first-order valence-corrected chi connectivity index (χ1v) is 8.31. The van der Waals surface area contributed by atoms with E-state index in [4.69, 9.17) is 0 Å². The van der Waals surface area contributed by atoms with Crippen molar-refractivity contribution in [2.24, 2.45) is 0 Å². The molecule has 1 aliphatic rings. The predicted octanol–water partition coefficient (Wildman–Crippen LogP) is 3.05. The lowest BCUT2D eigenvalue weighted by Crippen LogP contribution is -2.47. The molecule has 1 saturated heterocycles. The van der Waals surface area contributed by atoms with Gasteiger partial charge in [0, 0.05) is 48.6 Å². The average molecular weight is 362 g/mol. The number of likely N-dealkylation sites (N-methyl/N-ethyl adjacent to an activating group) is 1. The fourth-order valence-electron chi connectivity index (χ4n) is 2.85. The summed E-state index contributed by atoms with van der Waals surface area (Å²) >= 11 is 3.44. The molecule has 3 heterocycles. The zero-order chi connectivity index (χ0) is 15.5. The summed E-state index contributed by atoms with van der Waals surface area (Å²) in [6.45, 7) is 4.02. The van der Waals surface area contributed by atoms with E-state index in [0.717, 1.165) is 41.3 Å². The number of halogens is 1. The first kappa shape index (κ1) is 15.2. The Balaban J connectivity index is 1.73. The van der Waals surface area contributed by atoms with Gasteiger partial charge in [0.1, 0.15) is 18.0 Å². The fourth-order valence-corrected chi connectivity index (χ4v) is 3.09. The smallest absolute Gasteiger partial charge is 0.132 e. The molecule has 2 aromatic heterocycles. The minimum atomic E-state index is 0.438. The van der Waals surface area contributed by atoms with Crippen molar-refractivity contribution in [2.45, 2.75) is 25.8 Å². The first-order valence-electron chi connectivity index (χ1n) is 7.51. The molecule has 1 atom stereocenters. The van der Waals surface area contributed by atoms with Crippen LogP contribution in [0.15, 0.2) is 35.2 Å². The van der Waals surface area contributed by atoms with Gasteiger partial charge >= 0.3 is 0 Å². The van der Waals surface area contributed by atoms with Crippen molar-refractivity contribution in [1.82, 2.24) is 15.0 Å². The molecule has 22 heavy (non-hydrogen) atoms. The molecule has 1 fully saturated rings. The van der Waals surface area contributed by atoms with E-state index < -0.39 is 0 Å². The Morgan fingerprint density at radius 3 is 2.86 bits per heavy atom. The van der Waals surface area contributed by atoms with Crippen molar-refractivity contribution in [1.29, 1.82) is 0 Å². The highest BCUT2D eigenvalue weighted by atomic mass is 79.9. The molecule has 1 aliphatic heterocycles. The average Bonchev–Trinajstić information content (AvgIpc) is 2.55. The van der Waals surface area contributed by atoms with Crippen LogP contribution in [0.4, 0.5) is 11.6 Å². The van der Waals surface area contributed by atoms with Crippen molar-refractivity contribution in [3.8, 4) is 0 Å². The second-order valence-electron chi connectivity index (χ2n) is 5.71. The van der Waals surface area contributed by atoms with Gasteiger partial charge in [-0.15, -0.1) is 0 Å². The van der Waals surface area contributed by atoms with Crippen LogP contribution in [-0.2, 0) is 0 Å². The Labute approximate surface area is 139 Å². The number of nitrogens with zero attached hydrogens (tertiary/aromatic N) is 5. The van der Waals surface area contributed by atoms with Gasteiger partial charge in [-0.3, -0.25) is 0 Å². The second-order valence-corrected chi connectivity index (χ2v) is 6.62. The molecule has 0 radical (unpaired) electrons. The highest BCUT2D eigenvalue weighted by molar-refractivity contribution is 9.10. The molecular formula is C16H20BrN5. The number of aromatic nitrogens is 3. The molecule has 0 spiro atoms. The van der Waals surface area contributed by atoms with Crippen LogP contribution in [0.5, 0.6) is 0 Å². The largest absolute Gasteiger partial charge is 0.355 e. The maximum atomic E-state index is 4.52. The van der Waals surface area contributed by atoms with Crippen molar-refractivity contribution >= 4 is 27.6 Å². The van der Waals surface area contributed by atoms with E-state index in [2.05, 4.69) is 53.8 Å². The van der Waals surface area contributed by atoms with Crippen LogP contribution in [-0.4, -0.2) is 41.1 Å². The van der Waals surface area contributed by atoms with Gasteiger partial charge in [0.25, 0.3) is 0 Å². The summed E-state index contributed by atoms with van der Waals surface area (Å²) in [5.41, 5.74) is 0.999. The number of rotatable bonds is 3. The van der Waals surface area contributed by atoms with E-state index in [1.54, 1.807) is 6.33 Å². The first-order chi connectivity index (χ1) is 10.6. The minimum Gasteiger partial charge on any atom is -0.355 e. The number of hydrogen-bond acceptors (Lipinski definition) is 5. The minimum absolute atomic E-state index is 0.438. The van der Waals surface area contributed by atoms with Crippen molar-refractivity contribution < 1.29 is 0 Å². The summed E-state index contributed by atoms with van der Waals surface area (Å²) in [7, 11) is 2.12. The fraction of sp³-hybridized carbons (Fsp3) is 0.438. The SMILES string of the molecule is Cc1cc(N(C)C2CCCN(c3ccc(Br)cn3)C2)ncn1.